The summed E-state index contributed by atoms with van der Waals surface area (Å²) in [5.74, 6) is -4.48. The van der Waals surface area contributed by atoms with Gasteiger partial charge in [-0.25, -0.2) is 19.6 Å². The maximum absolute atomic E-state index is 10.6. The minimum atomic E-state index is -5.08. The highest BCUT2D eigenvalue weighted by Crippen LogP contribution is 2.21. The number of carboxylic acid groups (broad SMARTS) is 2. The van der Waals surface area contributed by atoms with Crippen molar-refractivity contribution in [2.24, 2.45) is 0 Å². The molecule has 0 radical (unpaired) electrons. The summed E-state index contributed by atoms with van der Waals surface area (Å²) >= 11 is 0. The van der Waals surface area contributed by atoms with E-state index in [9.17, 15) is 26.3 Å². The molecule has 2 rings (SSSR count). The maximum atomic E-state index is 10.6. The molecule has 3 N–H and O–H groups in total. The molecule has 0 spiro atoms. The van der Waals surface area contributed by atoms with Gasteiger partial charge < -0.3 is 20.4 Å². The Hall–Kier alpha value is -2.64. The number of carboxylic acids is 2. The summed E-state index contributed by atoms with van der Waals surface area (Å²) in [5.41, 5.74) is 2.55. The van der Waals surface area contributed by atoms with Gasteiger partial charge in [0.1, 0.15) is 12.1 Å². The van der Waals surface area contributed by atoms with Crippen LogP contribution >= 0.6 is 0 Å². The van der Waals surface area contributed by atoms with Gasteiger partial charge in [-0.1, -0.05) is 6.92 Å². The molecule has 0 fully saturated rings. The van der Waals surface area contributed by atoms with Gasteiger partial charge in [0.2, 0.25) is 0 Å². The fraction of sp³-hybridized carbons (Fsp3) is 0.667. The number of anilines is 1. The lowest BCUT2D eigenvalue weighted by Gasteiger charge is -2.18. The van der Waals surface area contributed by atoms with Crippen molar-refractivity contribution in [1.82, 2.24) is 14.9 Å². The van der Waals surface area contributed by atoms with E-state index in [4.69, 9.17) is 19.8 Å². The summed E-state index contributed by atoms with van der Waals surface area (Å²) in [6, 6.07) is 0.416. The number of fused-ring (bicyclic) bond motifs is 1. The molecule has 0 aromatic carbocycles. The van der Waals surface area contributed by atoms with Gasteiger partial charge in [-0.15, -0.1) is 0 Å². The summed E-state index contributed by atoms with van der Waals surface area (Å²) < 4.78 is 63.5. The molecule has 0 saturated carbocycles. The molecule has 2 heterocycles. The number of carbonyl (C=O) groups is 2. The van der Waals surface area contributed by atoms with Crippen LogP contribution in [0.15, 0.2) is 6.33 Å². The van der Waals surface area contributed by atoms with Crippen LogP contribution in [0.25, 0.3) is 0 Å². The third kappa shape index (κ3) is 11.7. The highest BCUT2D eigenvalue weighted by molar-refractivity contribution is 5.73. The first kappa shape index (κ1) is 29.4. The van der Waals surface area contributed by atoms with Gasteiger partial charge in [0.15, 0.2) is 0 Å². The van der Waals surface area contributed by atoms with Crippen molar-refractivity contribution in [2.75, 3.05) is 25.0 Å². The zero-order valence-electron chi connectivity index (χ0n) is 17.7. The predicted molar refractivity (Wildman–Crippen MR) is 102 cm³/mol. The van der Waals surface area contributed by atoms with E-state index >= 15 is 0 Å². The van der Waals surface area contributed by atoms with Crippen molar-refractivity contribution in [1.29, 1.82) is 0 Å². The fourth-order valence-corrected chi connectivity index (χ4v) is 2.51. The third-order valence-corrected chi connectivity index (χ3v) is 3.83. The number of hydrogen-bond donors (Lipinski definition) is 3. The molecule has 1 aromatic heterocycles. The lowest BCUT2D eigenvalue weighted by atomic mass is 10.1. The number of aliphatic carboxylic acids is 2. The van der Waals surface area contributed by atoms with E-state index in [1.165, 1.54) is 24.2 Å². The van der Waals surface area contributed by atoms with Crippen LogP contribution in [-0.2, 0) is 22.4 Å². The van der Waals surface area contributed by atoms with Crippen LogP contribution in [0.1, 0.15) is 38.4 Å². The summed E-state index contributed by atoms with van der Waals surface area (Å²) in [4.78, 5) is 29.2. The van der Waals surface area contributed by atoms with E-state index in [2.05, 4.69) is 41.0 Å². The zero-order chi connectivity index (χ0) is 25.1. The molecule has 0 aliphatic carbocycles. The van der Waals surface area contributed by atoms with E-state index < -0.39 is 24.3 Å². The zero-order valence-corrected chi connectivity index (χ0v) is 17.7. The number of aromatic nitrogens is 2. The first-order valence-corrected chi connectivity index (χ1v) is 9.51. The van der Waals surface area contributed by atoms with Crippen molar-refractivity contribution in [3.05, 3.63) is 17.6 Å². The van der Waals surface area contributed by atoms with Crippen molar-refractivity contribution >= 4 is 17.8 Å². The SMILES string of the molecule is CCCN1CCc2ncnc(NC(C)C)c2CC1.O=C(O)C(F)(F)F.O=C(O)C(F)(F)F. The molecule has 0 unspecified atom stereocenters. The molecule has 184 valence electrons. The van der Waals surface area contributed by atoms with Gasteiger partial charge in [-0.2, -0.15) is 26.3 Å². The number of nitrogens with one attached hydrogen (secondary N) is 1. The number of alkyl halides is 6. The molecule has 1 aliphatic heterocycles. The monoisotopic (exact) mass is 476 g/mol. The second-order valence-corrected chi connectivity index (χ2v) is 6.89. The number of nitrogens with zero attached hydrogens (tertiary/aromatic N) is 3. The van der Waals surface area contributed by atoms with E-state index in [0.29, 0.717) is 6.04 Å². The Labute approximate surface area is 180 Å². The first-order chi connectivity index (χ1) is 14.6. The van der Waals surface area contributed by atoms with E-state index in [1.54, 1.807) is 6.33 Å². The quantitative estimate of drug-likeness (QED) is 0.567. The molecular formula is C18H26F6N4O4. The maximum Gasteiger partial charge on any atom is 0.490 e. The van der Waals surface area contributed by atoms with E-state index in [1.807, 2.05) is 0 Å². The Morgan fingerprint density at radius 2 is 1.50 bits per heavy atom. The standard InChI is InChI=1S/C14H24N4.2C2HF3O2/c1-4-7-18-8-5-12-13(6-9-18)15-10-16-14(12)17-11(2)3;2*3-2(4,5)1(6)7/h10-11H,4-9H2,1-3H3,(H,15,16,17);2*(H,6,7). The number of rotatable bonds is 4. The Morgan fingerprint density at radius 1 is 1.03 bits per heavy atom. The summed E-state index contributed by atoms with van der Waals surface area (Å²) in [5, 5.41) is 17.7. The summed E-state index contributed by atoms with van der Waals surface area (Å²) in [6.07, 6.45) is -5.14. The van der Waals surface area contributed by atoms with Crippen molar-refractivity contribution in [3.63, 3.8) is 0 Å². The van der Waals surface area contributed by atoms with Crippen molar-refractivity contribution < 1.29 is 46.1 Å². The van der Waals surface area contributed by atoms with Crippen LogP contribution < -0.4 is 5.32 Å². The highest BCUT2D eigenvalue weighted by Gasteiger charge is 2.38. The lowest BCUT2D eigenvalue weighted by molar-refractivity contribution is -0.193. The van der Waals surface area contributed by atoms with Gasteiger partial charge >= 0.3 is 24.3 Å². The van der Waals surface area contributed by atoms with Crippen LogP contribution in [0.4, 0.5) is 32.2 Å². The van der Waals surface area contributed by atoms with E-state index in [-0.39, 0.29) is 0 Å². The normalized spacial score (nSPS) is 14.2. The Bertz CT molecular complexity index is 717. The number of halogens is 6. The topological polar surface area (TPSA) is 116 Å². The molecule has 8 nitrogen and oxygen atoms in total. The van der Waals surface area contributed by atoms with Crippen molar-refractivity contribution in [3.8, 4) is 0 Å². The molecule has 0 amide bonds. The molecule has 0 saturated heterocycles. The second-order valence-electron chi connectivity index (χ2n) is 6.89. The smallest absolute Gasteiger partial charge is 0.475 e. The molecule has 0 bridgehead atoms. The average Bonchev–Trinajstić information content (AvgIpc) is 2.84. The van der Waals surface area contributed by atoms with Crippen LogP contribution in [0.5, 0.6) is 0 Å². The molecule has 32 heavy (non-hydrogen) atoms. The van der Waals surface area contributed by atoms with Gasteiger partial charge in [0.25, 0.3) is 0 Å². The van der Waals surface area contributed by atoms with Crippen LogP contribution in [0.3, 0.4) is 0 Å². The van der Waals surface area contributed by atoms with Crippen LogP contribution in [-0.4, -0.2) is 75.0 Å². The third-order valence-electron chi connectivity index (χ3n) is 3.83. The first-order valence-electron chi connectivity index (χ1n) is 9.51. The largest absolute Gasteiger partial charge is 0.490 e. The Kier molecular flexibility index (Phi) is 12.0. The van der Waals surface area contributed by atoms with Crippen LogP contribution in [0.2, 0.25) is 0 Å². The lowest BCUT2D eigenvalue weighted by Crippen LogP contribution is -2.27. The molecule has 14 heteroatoms. The molecular weight excluding hydrogens is 450 g/mol. The van der Waals surface area contributed by atoms with Crippen LogP contribution in [0, 0.1) is 0 Å². The second kappa shape index (κ2) is 13.0. The molecule has 1 aromatic rings. The van der Waals surface area contributed by atoms with Gasteiger partial charge in [0.05, 0.1) is 5.69 Å². The highest BCUT2D eigenvalue weighted by atomic mass is 19.4. The average molecular weight is 476 g/mol. The molecule has 0 atom stereocenters. The predicted octanol–water partition coefficient (Wildman–Crippen LogP) is 3.37. The van der Waals surface area contributed by atoms with Gasteiger partial charge in [0, 0.05) is 31.1 Å². The Morgan fingerprint density at radius 3 is 1.91 bits per heavy atom. The fourth-order valence-electron chi connectivity index (χ4n) is 2.51. The molecule has 1 aliphatic rings. The minimum absolute atomic E-state index is 0.416. The van der Waals surface area contributed by atoms with Crippen molar-refractivity contribution in [2.45, 2.75) is 58.4 Å². The summed E-state index contributed by atoms with van der Waals surface area (Å²) in [6.45, 7) is 9.97. The Balaban J connectivity index is 0.000000570. The van der Waals surface area contributed by atoms with Gasteiger partial charge in [-0.3, -0.25) is 0 Å². The minimum Gasteiger partial charge on any atom is -0.475 e. The summed E-state index contributed by atoms with van der Waals surface area (Å²) in [7, 11) is 0. The van der Waals surface area contributed by atoms with E-state index in [0.717, 1.165) is 31.7 Å². The number of hydrogen-bond acceptors (Lipinski definition) is 6. The van der Waals surface area contributed by atoms with Gasteiger partial charge in [-0.05, 0) is 33.2 Å².